The first kappa shape index (κ1) is 20.5. The van der Waals surface area contributed by atoms with Gasteiger partial charge in [0.2, 0.25) is 0 Å². The third-order valence-corrected chi connectivity index (χ3v) is 5.11. The van der Waals surface area contributed by atoms with E-state index in [4.69, 9.17) is 4.74 Å². The second-order valence-corrected chi connectivity index (χ2v) is 7.43. The number of ether oxygens (including phenoxy) is 1. The smallest absolute Gasteiger partial charge is 0.161 e. The third-order valence-electron chi connectivity index (χ3n) is 5.11. The van der Waals surface area contributed by atoms with Crippen LogP contribution in [0.4, 0.5) is 5.82 Å². The molecule has 0 fully saturated rings. The molecule has 0 aliphatic carbocycles. The van der Waals surface area contributed by atoms with Crippen molar-refractivity contribution in [3.63, 3.8) is 0 Å². The molecule has 3 N–H and O–H groups in total. The van der Waals surface area contributed by atoms with Gasteiger partial charge in [-0.2, -0.15) is 0 Å². The fourth-order valence-corrected chi connectivity index (χ4v) is 3.61. The Labute approximate surface area is 181 Å². The van der Waals surface area contributed by atoms with Crippen LogP contribution in [0.5, 0.6) is 17.2 Å². The second kappa shape index (κ2) is 8.52. The van der Waals surface area contributed by atoms with Gasteiger partial charge in [0, 0.05) is 22.3 Å². The van der Waals surface area contributed by atoms with E-state index in [0.717, 1.165) is 22.3 Å². The molecular formula is C25H25N3O3. The van der Waals surface area contributed by atoms with Gasteiger partial charge in [0.15, 0.2) is 11.5 Å². The van der Waals surface area contributed by atoms with Crippen LogP contribution in [-0.2, 0) is 0 Å². The molecule has 0 spiro atoms. The Balaban J connectivity index is 1.87. The molecule has 2 aromatic heterocycles. The van der Waals surface area contributed by atoms with Crippen molar-refractivity contribution < 1.29 is 14.9 Å². The molecule has 4 rings (SSSR count). The molecule has 0 unspecified atom stereocenters. The van der Waals surface area contributed by atoms with E-state index in [2.05, 4.69) is 15.3 Å². The Morgan fingerprint density at radius 2 is 1.71 bits per heavy atom. The molecule has 0 aliphatic rings. The number of aromatic nitrogens is 2. The van der Waals surface area contributed by atoms with Gasteiger partial charge in [-0.3, -0.25) is 0 Å². The molecule has 1 atom stereocenters. The van der Waals surface area contributed by atoms with Gasteiger partial charge in [0.25, 0.3) is 0 Å². The van der Waals surface area contributed by atoms with Crippen molar-refractivity contribution in [1.29, 1.82) is 0 Å². The molecule has 2 aromatic carbocycles. The first-order valence-corrected chi connectivity index (χ1v) is 10.2. The van der Waals surface area contributed by atoms with Gasteiger partial charge in [0.1, 0.15) is 17.1 Å². The van der Waals surface area contributed by atoms with E-state index < -0.39 is 6.04 Å². The van der Waals surface area contributed by atoms with E-state index in [9.17, 15) is 10.2 Å². The lowest BCUT2D eigenvalue weighted by Gasteiger charge is -2.23. The number of benzene rings is 2. The summed E-state index contributed by atoms with van der Waals surface area (Å²) in [5.41, 5.74) is 3.72. The highest BCUT2D eigenvalue weighted by Gasteiger charge is 2.22. The van der Waals surface area contributed by atoms with E-state index in [-0.39, 0.29) is 11.5 Å². The first-order valence-electron chi connectivity index (χ1n) is 10.2. The van der Waals surface area contributed by atoms with Crippen molar-refractivity contribution in [3.05, 3.63) is 83.2 Å². The van der Waals surface area contributed by atoms with Gasteiger partial charge in [-0.25, -0.2) is 9.97 Å². The molecule has 0 saturated heterocycles. The molecular weight excluding hydrogens is 390 g/mol. The van der Waals surface area contributed by atoms with Crippen molar-refractivity contribution >= 4 is 16.7 Å². The fourth-order valence-electron chi connectivity index (χ4n) is 3.61. The number of aryl methyl sites for hydroxylation is 2. The normalized spacial score (nSPS) is 12.0. The van der Waals surface area contributed by atoms with Gasteiger partial charge in [-0.1, -0.05) is 30.3 Å². The number of rotatable bonds is 6. The van der Waals surface area contributed by atoms with E-state index in [0.29, 0.717) is 29.3 Å². The quantitative estimate of drug-likeness (QED) is 0.398. The standard InChI is InChI=1S/C25H25N3O3/c1-4-31-21-14-18(11-13-20(21)29)23(28-22-7-5-6-15(2)26-22)19-12-10-17-9-8-16(3)27-24(17)25(19)30/h5-14,23,29-30H,4H2,1-3H3,(H,26,28)/t23-/m1/s1. The maximum absolute atomic E-state index is 11.2. The summed E-state index contributed by atoms with van der Waals surface area (Å²) in [4.78, 5) is 9.09. The highest BCUT2D eigenvalue weighted by Crippen LogP contribution is 2.39. The number of pyridine rings is 2. The summed E-state index contributed by atoms with van der Waals surface area (Å²) >= 11 is 0. The average Bonchev–Trinajstić information content (AvgIpc) is 2.75. The van der Waals surface area contributed by atoms with E-state index in [1.807, 2.05) is 63.2 Å². The largest absolute Gasteiger partial charge is 0.505 e. The van der Waals surface area contributed by atoms with Crippen LogP contribution in [0, 0.1) is 13.8 Å². The lowest BCUT2D eigenvalue weighted by Crippen LogP contribution is -2.14. The van der Waals surface area contributed by atoms with Crippen molar-refractivity contribution in [2.24, 2.45) is 0 Å². The number of fused-ring (bicyclic) bond motifs is 1. The van der Waals surface area contributed by atoms with Gasteiger partial charge < -0.3 is 20.3 Å². The number of aromatic hydroxyl groups is 2. The van der Waals surface area contributed by atoms with Crippen LogP contribution < -0.4 is 10.1 Å². The van der Waals surface area contributed by atoms with Crippen LogP contribution in [0.3, 0.4) is 0 Å². The zero-order chi connectivity index (χ0) is 22.0. The minimum absolute atomic E-state index is 0.0676. The van der Waals surface area contributed by atoms with E-state index >= 15 is 0 Å². The molecule has 0 radical (unpaired) electrons. The van der Waals surface area contributed by atoms with E-state index in [1.165, 1.54) is 0 Å². The molecule has 0 saturated carbocycles. The summed E-state index contributed by atoms with van der Waals surface area (Å²) in [6.07, 6.45) is 0. The predicted octanol–water partition coefficient (Wildman–Crippen LogP) is 5.26. The molecule has 6 nitrogen and oxygen atoms in total. The topological polar surface area (TPSA) is 87.5 Å². The molecule has 0 bridgehead atoms. The average molecular weight is 415 g/mol. The Morgan fingerprint density at radius 1 is 0.935 bits per heavy atom. The molecule has 6 heteroatoms. The molecule has 0 amide bonds. The van der Waals surface area contributed by atoms with Crippen LogP contribution in [0.2, 0.25) is 0 Å². The Bertz CT molecular complexity index is 1240. The van der Waals surface area contributed by atoms with Crippen LogP contribution in [0.25, 0.3) is 10.9 Å². The van der Waals surface area contributed by atoms with E-state index in [1.54, 1.807) is 18.2 Å². The summed E-state index contributed by atoms with van der Waals surface area (Å²) in [6.45, 7) is 6.11. The predicted molar refractivity (Wildman–Crippen MR) is 122 cm³/mol. The van der Waals surface area contributed by atoms with Crippen molar-refractivity contribution in [2.75, 3.05) is 11.9 Å². The van der Waals surface area contributed by atoms with Crippen LogP contribution >= 0.6 is 0 Å². The van der Waals surface area contributed by atoms with Crippen LogP contribution in [0.1, 0.15) is 35.5 Å². The van der Waals surface area contributed by atoms with Crippen LogP contribution in [-0.4, -0.2) is 26.8 Å². The number of nitrogens with zero attached hydrogens (tertiary/aromatic N) is 2. The maximum Gasteiger partial charge on any atom is 0.161 e. The Kier molecular flexibility index (Phi) is 5.62. The van der Waals surface area contributed by atoms with Crippen molar-refractivity contribution in [2.45, 2.75) is 26.8 Å². The van der Waals surface area contributed by atoms with Gasteiger partial charge >= 0.3 is 0 Å². The lowest BCUT2D eigenvalue weighted by atomic mass is 9.95. The number of anilines is 1. The van der Waals surface area contributed by atoms with Gasteiger partial charge in [0.05, 0.1) is 12.6 Å². The summed E-state index contributed by atoms with van der Waals surface area (Å²) < 4.78 is 5.58. The van der Waals surface area contributed by atoms with Crippen molar-refractivity contribution in [1.82, 2.24) is 9.97 Å². The number of phenols is 2. The number of nitrogens with one attached hydrogen (secondary N) is 1. The monoisotopic (exact) mass is 415 g/mol. The third kappa shape index (κ3) is 4.23. The van der Waals surface area contributed by atoms with Crippen molar-refractivity contribution in [3.8, 4) is 17.2 Å². The molecule has 158 valence electrons. The van der Waals surface area contributed by atoms with Gasteiger partial charge in [-0.05, 0) is 56.7 Å². The minimum atomic E-state index is -0.444. The Hall–Kier alpha value is -3.80. The maximum atomic E-state index is 11.2. The Morgan fingerprint density at radius 3 is 2.48 bits per heavy atom. The SMILES string of the molecule is CCOc1cc([C@@H](Nc2cccc(C)n2)c2ccc3ccc(C)nc3c2O)ccc1O. The fraction of sp³-hybridized carbons (Fsp3) is 0.200. The van der Waals surface area contributed by atoms with Crippen LogP contribution in [0.15, 0.2) is 60.7 Å². The summed E-state index contributed by atoms with van der Waals surface area (Å²) in [5.74, 6) is 1.24. The molecule has 31 heavy (non-hydrogen) atoms. The second-order valence-electron chi connectivity index (χ2n) is 7.43. The lowest BCUT2D eigenvalue weighted by molar-refractivity contribution is 0.317. The number of hydrogen-bond donors (Lipinski definition) is 3. The zero-order valence-electron chi connectivity index (χ0n) is 17.8. The summed E-state index contributed by atoms with van der Waals surface area (Å²) in [5, 5.41) is 25.6. The highest BCUT2D eigenvalue weighted by atomic mass is 16.5. The molecule has 2 heterocycles. The number of hydrogen-bond acceptors (Lipinski definition) is 6. The number of phenolic OH excluding ortho intramolecular Hbond substituents is 2. The highest BCUT2D eigenvalue weighted by molar-refractivity contribution is 5.86. The van der Waals surface area contributed by atoms with Gasteiger partial charge in [-0.15, -0.1) is 0 Å². The minimum Gasteiger partial charge on any atom is -0.505 e. The first-order chi connectivity index (χ1) is 15.0. The summed E-state index contributed by atoms with van der Waals surface area (Å²) in [7, 11) is 0. The molecule has 4 aromatic rings. The molecule has 0 aliphatic heterocycles. The zero-order valence-corrected chi connectivity index (χ0v) is 17.8. The summed E-state index contributed by atoms with van der Waals surface area (Å²) in [6, 6.07) is 18.2.